The Kier molecular flexibility index (Phi) is 10.3. The van der Waals surface area contributed by atoms with Gasteiger partial charge in [-0.3, -0.25) is 19.5 Å². The van der Waals surface area contributed by atoms with Crippen molar-refractivity contribution in [2.75, 3.05) is 13.1 Å². The Labute approximate surface area is 235 Å². The second kappa shape index (κ2) is 14.1. The van der Waals surface area contributed by atoms with Crippen LogP contribution >= 0.6 is 7.29 Å². The Balaban J connectivity index is 1.36. The van der Waals surface area contributed by atoms with E-state index < -0.39 is 31.3 Å². The van der Waals surface area contributed by atoms with Gasteiger partial charge in [0.05, 0.1) is 6.04 Å². The SMILES string of the molecule is C[C@H](NP(=O)(Cc1ccccc1)Cc1ccccc1)C(=O)N1CCC[C@H]1C(=O)NCC(=O)OCc1ccccc1. The van der Waals surface area contributed by atoms with Crippen molar-refractivity contribution >= 4 is 25.1 Å². The molecule has 2 N–H and O–H groups in total. The molecule has 2 amide bonds. The second-order valence-corrected chi connectivity index (χ2v) is 12.8. The molecule has 0 radical (unpaired) electrons. The van der Waals surface area contributed by atoms with Gasteiger partial charge in [-0.25, -0.2) is 0 Å². The van der Waals surface area contributed by atoms with E-state index in [-0.39, 0.29) is 19.1 Å². The Bertz CT molecular complexity index is 1280. The van der Waals surface area contributed by atoms with Crippen LogP contribution in [0.4, 0.5) is 0 Å². The van der Waals surface area contributed by atoms with Gasteiger partial charge < -0.3 is 19.5 Å². The lowest BCUT2D eigenvalue weighted by Crippen LogP contribution is -2.51. The summed E-state index contributed by atoms with van der Waals surface area (Å²) < 4.78 is 19.5. The van der Waals surface area contributed by atoms with Crippen molar-refractivity contribution in [2.45, 2.75) is 50.8 Å². The van der Waals surface area contributed by atoms with E-state index in [9.17, 15) is 18.9 Å². The van der Waals surface area contributed by atoms with Crippen LogP contribution in [0.25, 0.3) is 0 Å². The zero-order chi connectivity index (χ0) is 28.4. The quantitative estimate of drug-likeness (QED) is 0.249. The lowest BCUT2D eigenvalue weighted by atomic mass is 10.2. The van der Waals surface area contributed by atoms with E-state index in [1.165, 1.54) is 4.90 Å². The molecule has 1 aliphatic heterocycles. The topological polar surface area (TPSA) is 105 Å². The Morgan fingerprint density at radius 2 is 1.40 bits per heavy atom. The molecule has 2 atom stereocenters. The zero-order valence-corrected chi connectivity index (χ0v) is 23.6. The van der Waals surface area contributed by atoms with Crippen LogP contribution in [0, 0.1) is 0 Å². The van der Waals surface area contributed by atoms with Crippen LogP contribution in [-0.4, -0.2) is 47.9 Å². The summed E-state index contributed by atoms with van der Waals surface area (Å²) in [4.78, 5) is 40.1. The molecule has 0 unspecified atom stereocenters. The van der Waals surface area contributed by atoms with Gasteiger partial charge in [-0.15, -0.1) is 0 Å². The number of benzene rings is 3. The molecule has 1 aliphatic rings. The van der Waals surface area contributed by atoms with Gasteiger partial charge in [0, 0.05) is 18.9 Å². The first kappa shape index (κ1) is 29.2. The smallest absolute Gasteiger partial charge is 0.325 e. The van der Waals surface area contributed by atoms with Gasteiger partial charge in [-0.05, 0) is 36.5 Å². The molecule has 1 saturated heterocycles. The van der Waals surface area contributed by atoms with Crippen molar-refractivity contribution in [3.05, 3.63) is 108 Å². The summed E-state index contributed by atoms with van der Waals surface area (Å²) in [7, 11) is -3.08. The minimum absolute atomic E-state index is 0.124. The molecule has 3 aromatic carbocycles. The van der Waals surface area contributed by atoms with Gasteiger partial charge in [-0.2, -0.15) is 0 Å². The van der Waals surface area contributed by atoms with E-state index in [1.54, 1.807) is 6.92 Å². The summed E-state index contributed by atoms with van der Waals surface area (Å²) in [6, 6.07) is 27.0. The Morgan fingerprint density at radius 1 is 0.875 bits per heavy atom. The number of likely N-dealkylation sites (tertiary alicyclic amines) is 1. The molecular formula is C31H36N3O5P. The van der Waals surface area contributed by atoms with Crippen LogP contribution < -0.4 is 10.4 Å². The first-order valence-corrected chi connectivity index (χ1v) is 15.6. The molecular weight excluding hydrogens is 525 g/mol. The monoisotopic (exact) mass is 561 g/mol. The minimum atomic E-state index is -3.08. The van der Waals surface area contributed by atoms with Crippen LogP contribution in [0.15, 0.2) is 91.0 Å². The number of nitrogens with zero attached hydrogens (tertiary/aromatic N) is 1. The molecule has 0 saturated carbocycles. The highest BCUT2D eigenvalue weighted by Crippen LogP contribution is 2.49. The third kappa shape index (κ3) is 8.38. The van der Waals surface area contributed by atoms with E-state index in [0.717, 1.165) is 16.7 Å². The first-order chi connectivity index (χ1) is 19.3. The molecule has 9 heteroatoms. The fraction of sp³-hybridized carbons (Fsp3) is 0.323. The number of esters is 1. The number of carbonyl (C=O) groups excluding carboxylic acids is 3. The fourth-order valence-corrected chi connectivity index (χ4v) is 7.64. The maximum absolute atomic E-state index is 14.2. The van der Waals surface area contributed by atoms with Crippen molar-refractivity contribution < 1.29 is 23.7 Å². The highest BCUT2D eigenvalue weighted by Gasteiger charge is 2.38. The number of hydrogen-bond donors (Lipinski definition) is 2. The molecule has 1 fully saturated rings. The maximum atomic E-state index is 14.2. The lowest BCUT2D eigenvalue weighted by molar-refractivity contribution is -0.146. The third-order valence-corrected chi connectivity index (χ3v) is 9.46. The molecule has 1 heterocycles. The maximum Gasteiger partial charge on any atom is 0.325 e. The van der Waals surface area contributed by atoms with Gasteiger partial charge >= 0.3 is 5.97 Å². The normalized spacial score (nSPS) is 15.8. The molecule has 210 valence electrons. The van der Waals surface area contributed by atoms with Gasteiger partial charge in [0.2, 0.25) is 11.8 Å². The number of ether oxygens (including phenoxy) is 1. The van der Waals surface area contributed by atoms with E-state index >= 15 is 0 Å². The summed E-state index contributed by atoms with van der Waals surface area (Å²) in [6.45, 7) is 1.96. The van der Waals surface area contributed by atoms with E-state index in [2.05, 4.69) is 10.4 Å². The highest BCUT2D eigenvalue weighted by molar-refractivity contribution is 7.60. The van der Waals surface area contributed by atoms with Gasteiger partial charge in [-0.1, -0.05) is 91.0 Å². The summed E-state index contributed by atoms with van der Waals surface area (Å²) in [5.74, 6) is -1.23. The highest BCUT2D eigenvalue weighted by atomic mass is 31.2. The number of hydrogen-bond acceptors (Lipinski definition) is 5. The van der Waals surface area contributed by atoms with Crippen LogP contribution in [-0.2, 0) is 42.6 Å². The fourth-order valence-electron chi connectivity index (χ4n) is 4.93. The number of nitrogens with one attached hydrogen (secondary N) is 2. The second-order valence-electron chi connectivity index (χ2n) is 10.1. The van der Waals surface area contributed by atoms with Crippen LogP contribution in [0.3, 0.4) is 0 Å². The molecule has 0 aromatic heterocycles. The number of carbonyl (C=O) groups is 3. The molecule has 40 heavy (non-hydrogen) atoms. The standard InChI is InChI=1S/C31H36N3O5P/c1-24(33-40(38,22-26-14-7-3-8-15-26)23-27-16-9-4-10-17-27)31(37)34-19-11-18-28(34)30(36)32-20-29(35)39-21-25-12-5-2-6-13-25/h2-10,12-17,24,28H,11,18-23H2,1H3,(H,32,36)(H,33,38)/t24-,28-/m0/s1. The molecule has 4 rings (SSSR count). The van der Waals surface area contributed by atoms with Crippen molar-refractivity contribution in [2.24, 2.45) is 0 Å². The van der Waals surface area contributed by atoms with Gasteiger partial charge in [0.1, 0.15) is 19.2 Å². The average molecular weight is 562 g/mol. The molecule has 0 spiro atoms. The number of rotatable bonds is 12. The van der Waals surface area contributed by atoms with Crippen LogP contribution in [0.5, 0.6) is 0 Å². The first-order valence-electron chi connectivity index (χ1n) is 13.5. The van der Waals surface area contributed by atoms with Crippen molar-refractivity contribution in [1.82, 2.24) is 15.3 Å². The van der Waals surface area contributed by atoms with Crippen LogP contribution in [0.1, 0.15) is 36.5 Å². The summed E-state index contributed by atoms with van der Waals surface area (Å²) >= 11 is 0. The van der Waals surface area contributed by atoms with E-state index in [4.69, 9.17) is 4.74 Å². The van der Waals surface area contributed by atoms with Gasteiger partial charge in [0.15, 0.2) is 7.29 Å². The average Bonchev–Trinajstić information content (AvgIpc) is 3.46. The Hall–Kier alpha value is -3.74. The third-order valence-electron chi connectivity index (χ3n) is 6.85. The van der Waals surface area contributed by atoms with Crippen LogP contribution in [0.2, 0.25) is 0 Å². The summed E-state index contributed by atoms with van der Waals surface area (Å²) in [5.41, 5.74) is 2.70. The molecule has 3 aromatic rings. The van der Waals surface area contributed by atoms with Gasteiger partial charge in [0.25, 0.3) is 0 Å². The lowest BCUT2D eigenvalue weighted by Gasteiger charge is -2.30. The molecule has 8 nitrogen and oxygen atoms in total. The zero-order valence-electron chi connectivity index (χ0n) is 22.7. The van der Waals surface area contributed by atoms with E-state index in [1.807, 2.05) is 91.0 Å². The largest absolute Gasteiger partial charge is 0.460 e. The molecule has 0 bridgehead atoms. The summed E-state index contributed by atoms with van der Waals surface area (Å²) in [6.07, 6.45) is 1.76. The van der Waals surface area contributed by atoms with Crippen molar-refractivity contribution in [1.29, 1.82) is 0 Å². The predicted molar refractivity (Wildman–Crippen MR) is 154 cm³/mol. The van der Waals surface area contributed by atoms with Crippen molar-refractivity contribution in [3.8, 4) is 0 Å². The van der Waals surface area contributed by atoms with Crippen molar-refractivity contribution in [3.63, 3.8) is 0 Å². The summed E-state index contributed by atoms with van der Waals surface area (Å²) in [5, 5.41) is 5.78. The molecule has 0 aliphatic carbocycles. The Morgan fingerprint density at radius 3 is 1.95 bits per heavy atom. The number of amides is 2. The predicted octanol–water partition coefficient (Wildman–Crippen LogP) is 4.49. The minimum Gasteiger partial charge on any atom is -0.460 e. The van der Waals surface area contributed by atoms with E-state index in [0.29, 0.717) is 31.7 Å².